The van der Waals surface area contributed by atoms with Crippen LogP contribution in [0.25, 0.3) is 0 Å². The molecule has 0 aliphatic carbocycles. The average Bonchev–Trinajstić information content (AvgIpc) is 2.27. The predicted octanol–water partition coefficient (Wildman–Crippen LogP) is 2.37. The Morgan fingerprint density at radius 2 is 2.00 bits per heavy atom. The molecule has 0 radical (unpaired) electrons. The van der Waals surface area contributed by atoms with E-state index >= 15 is 0 Å². The molecule has 88 valence electrons. The molecule has 0 aliphatic rings. The van der Waals surface area contributed by atoms with Crippen LogP contribution in [0.4, 0.5) is 5.69 Å². The molecule has 3 nitrogen and oxygen atoms in total. The van der Waals surface area contributed by atoms with Gasteiger partial charge in [-0.3, -0.25) is 4.79 Å². The summed E-state index contributed by atoms with van der Waals surface area (Å²) < 4.78 is 5.08. The van der Waals surface area contributed by atoms with Crippen molar-refractivity contribution in [2.75, 3.05) is 18.9 Å². The number of ketones is 1. The maximum atomic E-state index is 11.5. The maximum absolute atomic E-state index is 11.5. The summed E-state index contributed by atoms with van der Waals surface area (Å²) in [6.07, 6.45) is 0.518. The highest BCUT2D eigenvalue weighted by Gasteiger charge is 2.10. The standard InChI is InChI=1S/C13H19NO2/c1-3-16-9-13(15)8-10(2)11-4-6-12(14)7-5-11/h4-7,10H,3,8-9,14H2,1-2H3. The van der Waals surface area contributed by atoms with Gasteiger partial charge >= 0.3 is 0 Å². The molecule has 0 aliphatic heterocycles. The minimum atomic E-state index is 0.145. The molecule has 1 unspecified atom stereocenters. The van der Waals surface area contributed by atoms with E-state index in [9.17, 15) is 4.79 Å². The second kappa shape index (κ2) is 6.28. The van der Waals surface area contributed by atoms with E-state index in [1.54, 1.807) is 0 Å². The summed E-state index contributed by atoms with van der Waals surface area (Å²) in [6.45, 7) is 4.73. The first-order valence-electron chi connectivity index (χ1n) is 5.58. The Balaban J connectivity index is 2.48. The smallest absolute Gasteiger partial charge is 0.159 e. The molecule has 0 spiro atoms. The van der Waals surface area contributed by atoms with Crippen LogP contribution >= 0.6 is 0 Å². The van der Waals surface area contributed by atoms with Crippen LogP contribution in [0.3, 0.4) is 0 Å². The molecule has 0 fully saturated rings. The average molecular weight is 221 g/mol. The highest BCUT2D eigenvalue weighted by Crippen LogP contribution is 2.20. The number of nitrogen functional groups attached to an aromatic ring is 1. The van der Waals surface area contributed by atoms with E-state index in [2.05, 4.69) is 0 Å². The van der Waals surface area contributed by atoms with Gasteiger partial charge in [-0.25, -0.2) is 0 Å². The zero-order valence-electron chi connectivity index (χ0n) is 9.90. The first-order valence-corrected chi connectivity index (χ1v) is 5.58. The zero-order valence-corrected chi connectivity index (χ0v) is 9.90. The van der Waals surface area contributed by atoms with E-state index in [4.69, 9.17) is 10.5 Å². The zero-order chi connectivity index (χ0) is 12.0. The lowest BCUT2D eigenvalue weighted by atomic mass is 9.96. The molecule has 0 saturated heterocycles. The summed E-state index contributed by atoms with van der Waals surface area (Å²) in [5.74, 6) is 0.361. The minimum Gasteiger partial charge on any atom is -0.399 e. The van der Waals surface area contributed by atoms with Gasteiger partial charge in [-0.2, -0.15) is 0 Å². The van der Waals surface area contributed by atoms with E-state index < -0.39 is 0 Å². The number of anilines is 1. The van der Waals surface area contributed by atoms with Crippen molar-refractivity contribution in [3.63, 3.8) is 0 Å². The van der Waals surface area contributed by atoms with Crippen LogP contribution in [0, 0.1) is 0 Å². The van der Waals surface area contributed by atoms with Crippen LogP contribution in [0.1, 0.15) is 31.7 Å². The Hall–Kier alpha value is -1.35. The summed E-state index contributed by atoms with van der Waals surface area (Å²) in [7, 11) is 0. The van der Waals surface area contributed by atoms with Crippen molar-refractivity contribution in [1.29, 1.82) is 0 Å². The number of rotatable bonds is 6. The van der Waals surface area contributed by atoms with Crippen molar-refractivity contribution >= 4 is 11.5 Å². The van der Waals surface area contributed by atoms with E-state index in [1.807, 2.05) is 38.1 Å². The largest absolute Gasteiger partial charge is 0.399 e. The molecule has 1 atom stereocenters. The maximum Gasteiger partial charge on any atom is 0.159 e. The number of carbonyl (C=O) groups is 1. The lowest BCUT2D eigenvalue weighted by Crippen LogP contribution is -2.11. The Morgan fingerprint density at radius 3 is 2.56 bits per heavy atom. The summed E-state index contributed by atoms with van der Waals surface area (Å²) in [5.41, 5.74) is 7.49. The van der Waals surface area contributed by atoms with E-state index in [-0.39, 0.29) is 18.3 Å². The van der Waals surface area contributed by atoms with Crippen molar-refractivity contribution in [3.05, 3.63) is 29.8 Å². The van der Waals surface area contributed by atoms with E-state index in [1.165, 1.54) is 0 Å². The molecule has 0 aromatic heterocycles. The van der Waals surface area contributed by atoms with Crippen LogP contribution in [0.2, 0.25) is 0 Å². The second-order valence-electron chi connectivity index (χ2n) is 3.95. The fourth-order valence-electron chi connectivity index (χ4n) is 1.56. The quantitative estimate of drug-likeness (QED) is 0.750. The summed E-state index contributed by atoms with van der Waals surface area (Å²) in [6, 6.07) is 7.65. The van der Waals surface area contributed by atoms with Gasteiger partial charge in [0.25, 0.3) is 0 Å². The molecular formula is C13H19NO2. The van der Waals surface area contributed by atoms with E-state index in [0.29, 0.717) is 13.0 Å². The topological polar surface area (TPSA) is 52.3 Å². The number of carbonyl (C=O) groups excluding carboxylic acids is 1. The number of hydrogen-bond acceptors (Lipinski definition) is 3. The third-order valence-electron chi connectivity index (χ3n) is 2.51. The van der Waals surface area contributed by atoms with Crippen LogP contribution < -0.4 is 5.73 Å². The van der Waals surface area contributed by atoms with Gasteiger partial charge in [-0.1, -0.05) is 19.1 Å². The van der Waals surface area contributed by atoms with Crippen molar-refractivity contribution in [2.45, 2.75) is 26.2 Å². The molecular weight excluding hydrogens is 202 g/mol. The number of nitrogens with two attached hydrogens (primary N) is 1. The normalized spacial score (nSPS) is 12.4. The lowest BCUT2D eigenvalue weighted by Gasteiger charge is -2.11. The highest BCUT2D eigenvalue weighted by molar-refractivity contribution is 5.80. The van der Waals surface area contributed by atoms with Gasteiger partial charge in [0, 0.05) is 18.7 Å². The van der Waals surface area contributed by atoms with Gasteiger partial charge < -0.3 is 10.5 Å². The molecule has 0 amide bonds. The first-order chi connectivity index (χ1) is 7.63. The fraction of sp³-hybridized carbons (Fsp3) is 0.462. The van der Waals surface area contributed by atoms with Crippen LogP contribution in [0.5, 0.6) is 0 Å². The number of Topliss-reactive ketones (excluding diaryl/α,β-unsaturated/α-hetero) is 1. The van der Waals surface area contributed by atoms with Crippen LogP contribution in [0.15, 0.2) is 24.3 Å². The van der Waals surface area contributed by atoms with Gasteiger partial charge in [0.15, 0.2) is 5.78 Å². The molecule has 2 N–H and O–H groups in total. The molecule has 0 saturated carbocycles. The Morgan fingerprint density at radius 1 is 1.38 bits per heavy atom. The number of ether oxygens (including phenoxy) is 1. The fourth-order valence-corrected chi connectivity index (χ4v) is 1.56. The summed E-state index contributed by atoms with van der Waals surface area (Å²) in [5, 5.41) is 0. The summed E-state index contributed by atoms with van der Waals surface area (Å²) in [4.78, 5) is 11.5. The van der Waals surface area contributed by atoms with Gasteiger partial charge in [-0.15, -0.1) is 0 Å². The third kappa shape index (κ3) is 4.03. The third-order valence-corrected chi connectivity index (χ3v) is 2.51. The lowest BCUT2D eigenvalue weighted by molar-refractivity contribution is -0.123. The minimum absolute atomic E-state index is 0.145. The highest BCUT2D eigenvalue weighted by atomic mass is 16.5. The Kier molecular flexibility index (Phi) is 4.99. The van der Waals surface area contributed by atoms with Crippen molar-refractivity contribution < 1.29 is 9.53 Å². The van der Waals surface area contributed by atoms with Crippen molar-refractivity contribution in [1.82, 2.24) is 0 Å². The Bertz CT molecular complexity index is 332. The van der Waals surface area contributed by atoms with Crippen molar-refractivity contribution in [2.24, 2.45) is 0 Å². The van der Waals surface area contributed by atoms with Crippen molar-refractivity contribution in [3.8, 4) is 0 Å². The molecule has 16 heavy (non-hydrogen) atoms. The Labute approximate surface area is 96.6 Å². The number of hydrogen-bond donors (Lipinski definition) is 1. The predicted molar refractivity (Wildman–Crippen MR) is 65.4 cm³/mol. The number of benzene rings is 1. The second-order valence-corrected chi connectivity index (χ2v) is 3.95. The molecule has 1 aromatic rings. The van der Waals surface area contributed by atoms with E-state index in [0.717, 1.165) is 11.3 Å². The molecule has 0 heterocycles. The SMILES string of the molecule is CCOCC(=O)CC(C)c1ccc(N)cc1. The molecule has 0 bridgehead atoms. The first kappa shape index (κ1) is 12.7. The molecule has 1 aromatic carbocycles. The molecule has 3 heteroatoms. The van der Waals surface area contributed by atoms with Gasteiger partial charge in [0.05, 0.1) is 0 Å². The summed E-state index contributed by atoms with van der Waals surface area (Å²) >= 11 is 0. The molecule has 1 rings (SSSR count). The monoisotopic (exact) mass is 221 g/mol. The van der Waals surface area contributed by atoms with Gasteiger partial charge in [0.1, 0.15) is 6.61 Å². The van der Waals surface area contributed by atoms with Gasteiger partial charge in [-0.05, 0) is 30.5 Å². The van der Waals surface area contributed by atoms with Crippen LogP contribution in [-0.2, 0) is 9.53 Å². The van der Waals surface area contributed by atoms with Crippen LogP contribution in [-0.4, -0.2) is 19.0 Å². The van der Waals surface area contributed by atoms with Gasteiger partial charge in [0.2, 0.25) is 0 Å².